The van der Waals surface area contributed by atoms with Crippen LogP contribution in [0.2, 0.25) is 0 Å². The van der Waals surface area contributed by atoms with E-state index in [4.69, 9.17) is 11.5 Å². The Labute approximate surface area is 74.2 Å². The monoisotopic (exact) mass is 169 g/mol. The average Bonchev–Trinajstić information content (AvgIpc) is 1.98. The minimum atomic E-state index is -0.0718. The summed E-state index contributed by atoms with van der Waals surface area (Å²) in [4.78, 5) is 0. The van der Waals surface area contributed by atoms with Gasteiger partial charge in [-0.25, -0.2) is 0 Å². The minimum absolute atomic E-state index is 0.0116. The van der Waals surface area contributed by atoms with Crippen molar-refractivity contribution in [1.82, 2.24) is 5.32 Å². The number of hydrogen-bond acceptors (Lipinski definition) is 3. The molecule has 0 bridgehead atoms. The van der Waals surface area contributed by atoms with Crippen LogP contribution in [0.15, 0.2) is 11.8 Å². The van der Waals surface area contributed by atoms with Crippen molar-refractivity contribution in [2.24, 2.45) is 11.5 Å². The lowest BCUT2D eigenvalue weighted by molar-refractivity contribution is 0.360. The van der Waals surface area contributed by atoms with Crippen LogP contribution in [0.4, 0.5) is 0 Å². The van der Waals surface area contributed by atoms with Crippen molar-refractivity contribution in [1.29, 1.82) is 0 Å². The van der Waals surface area contributed by atoms with Crippen LogP contribution < -0.4 is 16.8 Å². The zero-order chi connectivity index (χ0) is 9.57. The normalized spacial score (nSPS) is 35.8. The van der Waals surface area contributed by atoms with Crippen LogP contribution in [0, 0.1) is 0 Å². The van der Waals surface area contributed by atoms with Gasteiger partial charge in [0.25, 0.3) is 0 Å². The van der Waals surface area contributed by atoms with Gasteiger partial charge in [0.05, 0.1) is 0 Å². The molecule has 0 aromatic carbocycles. The molecule has 0 amide bonds. The van der Waals surface area contributed by atoms with E-state index in [-0.39, 0.29) is 17.1 Å². The molecule has 1 unspecified atom stereocenters. The molecule has 1 fully saturated rings. The first-order valence-corrected chi connectivity index (χ1v) is 4.28. The van der Waals surface area contributed by atoms with Crippen molar-refractivity contribution in [3.05, 3.63) is 11.8 Å². The van der Waals surface area contributed by atoms with Gasteiger partial charge in [-0.05, 0) is 39.5 Å². The van der Waals surface area contributed by atoms with Crippen LogP contribution in [0.5, 0.6) is 0 Å². The van der Waals surface area contributed by atoms with Gasteiger partial charge in [-0.2, -0.15) is 0 Å². The first kappa shape index (κ1) is 9.55. The van der Waals surface area contributed by atoms with E-state index in [0.717, 1.165) is 5.57 Å². The molecule has 1 saturated heterocycles. The second-order valence-corrected chi connectivity index (χ2v) is 4.57. The molecule has 3 nitrogen and oxygen atoms in total. The molecule has 1 aliphatic rings. The Bertz CT molecular complexity index is 216. The van der Waals surface area contributed by atoms with Gasteiger partial charge in [0.2, 0.25) is 0 Å². The SMILES string of the molecule is CC1(C)NC(C)(C)C(N)/C1=C\N. The van der Waals surface area contributed by atoms with Crippen LogP contribution in [0.25, 0.3) is 0 Å². The molecule has 0 radical (unpaired) electrons. The Morgan fingerprint density at radius 3 is 2.00 bits per heavy atom. The zero-order valence-electron chi connectivity index (χ0n) is 8.31. The fraction of sp³-hybridized carbons (Fsp3) is 0.778. The number of nitrogens with one attached hydrogen (secondary N) is 1. The summed E-state index contributed by atoms with van der Waals surface area (Å²) in [7, 11) is 0. The molecule has 5 N–H and O–H groups in total. The summed E-state index contributed by atoms with van der Waals surface area (Å²) in [5.41, 5.74) is 12.5. The highest BCUT2D eigenvalue weighted by atomic mass is 15.1. The van der Waals surface area contributed by atoms with E-state index >= 15 is 0 Å². The second kappa shape index (κ2) is 2.47. The van der Waals surface area contributed by atoms with Gasteiger partial charge in [-0.1, -0.05) is 0 Å². The Kier molecular flexibility index (Phi) is 1.97. The van der Waals surface area contributed by atoms with E-state index in [9.17, 15) is 0 Å². The van der Waals surface area contributed by atoms with Gasteiger partial charge in [-0.3, -0.25) is 0 Å². The molecule has 0 spiro atoms. The Morgan fingerprint density at radius 2 is 1.83 bits per heavy atom. The smallest absolute Gasteiger partial charge is 0.0469 e. The summed E-state index contributed by atoms with van der Waals surface area (Å²) < 4.78 is 0. The Morgan fingerprint density at radius 1 is 1.33 bits per heavy atom. The van der Waals surface area contributed by atoms with Crippen LogP contribution >= 0.6 is 0 Å². The number of rotatable bonds is 0. The van der Waals surface area contributed by atoms with E-state index < -0.39 is 0 Å². The van der Waals surface area contributed by atoms with E-state index in [0.29, 0.717) is 0 Å². The van der Waals surface area contributed by atoms with E-state index in [1.165, 1.54) is 0 Å². The molecular weight excluding hydrogens is 150 g/mol. The maximum absolute atomic E-state index is 6.03. The van der Waals surface area contributed by atoms with Crippen molar-refractivity contribution in [2.75, 3.05) is 0 Å². The molecule has 70 valence electrons. The van der Waals surface area contributed by atoms with Gasteiger partial charge < -0.3 is 16.8 Å². The standard InChI is InChI=1S/C9H19N3/c1-8(2)6(5-10)7(11)9(3,4)12-8/h5,7,12H,10-11H2,1-4H3/b6-5+. The van der Waals surface area contributed by atoms with Gasteiger partial charge in [-0.15, -0.1) is 0 Å². The molecule has 1 atom stereocenters. The van der Waals surface area contributed by atoms with Crippen molar-refractivity contribution in [3.63, 3.8) is 0 Å². The highest BCUT2D eigenvalue weighted by Gasteiger charge is 2.45. The van der Waals surface area contributed by atoms with Gasteiger partial charge >= 0.3 is 0 Å². The first-order chi connectivity index (χ1) is 5.31. The predicted octanol–water partition coefficient (Wildman–Crippen LogP) is 0.317. The van der Waals surface area contributed by atoms with Crippen molar-refractivity contribution in [3.8, 4) is 0 Å². The quantitative estimate of drug-likeness (QED) is 0.489. The number of nitrogens with two attached hydrogens (primary N) is 2. The first-order valence-electron chi connectivity index (χ1n) is 4.28. The third kappa shape index (κ3) is 1.23. The third-order valence-electron chi connectivity index (χ3n) is 2.65. The minimum Gasteiger partial charge on any atom is -0.405 e. The topological polar surface area (TPSA) is 64.1 Å². The van der Waals surface area contributed by atoms with Crippen LogP contribution in [-0.2, 0) is 0 Å². The Balaban J connectivity index is 3.05. The lowest BCUT2D eigenvalue weighted by Gasteiger charge is -2.25. The van der Waals surface area contributed by atoms with Gasteiger partial charge in [0.15, 0.2) is 0 Å². The van der Waals surface area contributed by atoms with Crippen LogP contribution in [0.3, 0.4) is 0 Å². The summed E-state index contributed by atoms with van der Waals surface area (Å²) >= 11 is 0. The summed E-state index contributed by atoms with van der Waals surface area (Å²) in [6.07, 6.45) is 1.63. The fourth-order valence-electron chi connectivity index (χ4n) is 2.04. The highest BCUT2D eigenvalue weighted by molar-refractivity contribution is 5.33. The fourth-order valence-corrected chi connectivity index (χ4v) is 2.04. The third-order valence-corrected chi connectivity index (χ3v) is 2.65. The lowest BCUT2D eigenvalue weighted by atomic mass is 9.90. The van der Waals surface area contributed by atoms with E-state index in [2.05, 4.69) is 33.0 Å². The largest absolute Gasteiger partial charge is 0.405 e. The molecule has 0 aromatic rings. The average molecular weight is 169 g/mol. The lowest BCUT2D eigenvalue weighted by Crippen LogP contribution is -2.48. The number of hydrogen-bond donors (Lipinski definition) is 3. The maximum atomic E-state index is 6.03. The summed E-state index contributed by atoms with van der Waals surface area (Å²) in [6.45, 7) is 8.38. The molecule has 1 heterocycles. The summed E-state index contributed by atoms with van der Waals surface area (Å²) in [5.74, 6) is 0. The maximum Gasteiger partial charge on any atom is 0.0469 e. The molecule has 3 heteroatoms. The molecule has 1 aliphatic heterocycles. The predicted molar refractivity (Wildman–Crippen MR) is 51.5 cm³/mol. The van der Waals surface area contributed by atoms with Crippen LogP contribution in [-0.4, -0.2) is 17.1 Å². The highest BCUT2D eigenvalue weighted by Crippen LogP contribution is 2.33. The molecular formula is C9H19N3. The van der Waals surface area contributed by atoms with Crippen molar-refractivity contribution < 1.29 is 0 Å². The molecule has 0 aliphatic carbocycles. The molecule has 0 saturated carbocycles. The molecule has 0 aromatic heterocycles. The van der Waals surface area contributed by atoms with Gasteiger partial charge in [0, 0.05) is 17.1 Å². The van der Waals surface area contributed by atoms with Crippen LogP contribution in [0.1, 0.15) is 27.7 Å². The summed E-state index contributed by atoms with van der Waals surface area (Å²) in [5, 5.41) is 3.45. The van der Waals surface area contributed by atoms with Crippen molar-refractivity contribution in [2.45, 2.75) is 44.8 Å². The molecule has 1 rings (SSSR count). The van der Waals surface area contributed by atoms with E-state index in [1.807, 2.05) is 0 Å². The Hall–Kier alpha value is -0.540. The van der Waals surface area contributed by atoms with Gasteiger partial charge in [0.1, 0.15) is 0 Å². The molecule has 12 heavy (non-hydrogen) atoms. The second-order valence-electron chi connectivity index (χ2n) is 4.57. The zero-order valence-corrected chi connectivity index (χ0v) is 8.31. The van der Waals surface area contributed by atoms with Crippen molar-refractivity contribution >= 4 is 0 Å². The summed E-state index contributed by atoms with van der Waals surface area (Å²) in [6, 6.07) is 0.0116. The van der Waals surface area contributed by atoms with E-state index in [1.54, 1.807) is 6.20 Å².